The Kier molecular flexibility index (Phi) is 6.86. The highest BCUT2D eigenvalue weighted by atomic mass is 32.2. The minimum atomic E-state index is 0.103. The van der Waals surface area contributed by atoms with E-state index >= 15 is 0 Å². The van der Waals surface area contributed by atoms with E-state index in [0.717, 1.165) is 38.4 Å². The first-order chi connectivity index (χ1) is 8.54. The zero-order valence-electron chi connectivity index (χ0n) is 12.1. The lowest BCUT2D eigenvalue weighted by molar-refractivity contribution is 0.196. The van der Waals surface area contributed by atoms with E-state index in [1.165, 1.54) is 0 Å². The van der Waals surface area contributed by atoms with Gasteiger partial charge in [0.1, 0.15) is 0 Å². The minimum absolute atomic E-state index is 0.103. The molecule has 0 unspecified atom stereocenters. The number of hydrogen-bond acceptors (Lipinski definition) is 3. The summed E-state index contributed by atoms with van der Waals surface area (Å²) in [5.41, 5.74) is 0. The van der Waals surface area contributed by atoms with Crippen molar-refractivity contribution in [2.45, 2.75) is 38.5 Å². The van der Waals surface area contributed by atoms with Crippen LogP contribution in [0.3, 0.4) is 0 Å². The van der Waals surface area contributed by atoms with Gasteiger partial charge in [0.15, 0.2) is 0 Å². The van der Waals surface area contributed by atoms with Gasteiger partial charge in [-0.05, 0) is 27.3 Å². The number of likely N-dealkylation sites (N-methyl/N-ethyl adjacent to an activating group) is 1. The molecule has 0 aliphatic carbocycles. The maximum Gasteiger partial charge on any atom is 0.317 e. The molecule has 0 aromatic rings. The van der Waals surface area contributed by atoms with E-state index in [0.29, 0.717) is 11.3 Å². The van der Waals surface area contributed by atoms with Crippen LogP contribution in [0.1, 0.15) is 27.2 Å². The van der Waals surface area contributed by atoms with E-state index in [1.54, 1.807) is 0 Å². The van der Waals surface area contributed by atoms with Crippen molar-refractivity contribution in [1.29, 1.82) is 0 Å². The first-order valence-corrected chi connectivity index (χ1v) is 7.94. The molecule has 1 heterocycles. The summed E-state index contributed by atoms with van der Waals surface area (Å²) in [6, 6.07) is 0.628. The molecule has 1 rings (SSSR count). The van der Waals surface area contributed by atoms with Crippen LogP contribution in [0.15, 0.2) is 0 Å². The molecule has 0 spiro atoms. The molecule has 1 N–H and O–H groups in total. The minimum Gasteiger partial charge on any atom is -0.337 e. The molecule has 1 atom stereocenters. The molecule has 5 heteroatoms. The first-order valence-electron chi connectivity index (χ1n) is 6.89. The number of carbonyl (C=O) groups is 1. The van der Waals surface area contributed by atoms with Gasteiger partial charge in [-0.25, -0.2) is 4.79 Å². The van der Waals surface area contributed by atoms with Crippen molar-refractivity contribution in [2.24, 2.45) is 0 Å². The van der Waals surface area contributed by atoms with Crippen molar-refractivity contribution in [3.05, 3.63) is 0 Å². The molecule has 2 amide bonds. The van der Waals surface area contributed by atoms with E-state index in [1.807, 2.05) is 16.7 Å². The number of nitrogens with one attached hydrogen (secondary N) is 1. The van der Waals surface area contributed by atoms with Crippen LogP contribution in [0.2, 0.25) is 0 Å². The molecule has 0 saturated carbocycles. The molecule has 1 aliphatic rings. The molecule has 0 radical (unpaired) electrons. The van der Waals surface area contributed by atoms with Gasteiger partial charge in [0.05, 0.1) is 0 Å². The number of hydrogen-bond donors (Lipinski definition) is 1. The van der Waals surface area contributed by atoms with Gasteiger partial charge < -0.3 is 15.1 Å². The molecule has 0 aromatic heterocycles. The van der Waals surface area contributed by atoms with E-state index in [-0.39, 0.29) is 6.03 Å². The molecular formula is C13H27N3OS. The van der Waals surface area contributed by atoms with Crippen LogP contribution >= 0.6 is 11.8 Å². The second-order valence-electron chi connectivity index (χ2n) is 5.15. The Morgan fingerprint density at radius 3 is 2.89 bits per heavy atom. The highest BCUT2D eigenvalue weighted by molar-refractivity contribution is 8.00. The van der Waals surface area contributed by atoms with Crippen molar-refractivity contribution in [2.75, 3.05) is 39.0 Å². The van der Waals surface area contributed by atoms with Gasteiger partial charge in [-0.1, -0.05) is 6.92 Å². The summed E-state index contributed by atoms with van der Waals surface area (Å²) in [5, 5.41) is 3.63. The zero-order valence-corrected chi connectivity index (χ0v) is 12.9. The maximum atomic E-state index is 12.0. The average molecular weight is 273 g/mol. The molecule has 106 valence electrons. The summed E-state index contributed by atoms with van der Waals surface area (Å²) in [4.78, 5) is 16.2. The zero-order chi connectivity index (χ0) is 13.5. The van der Waals surface area contributed by atoms with Crippen LogP contribution in [-0.4, -0.2) is 66.1 Å². The Labute approximate surface area is 115 Å². The molecule has 1 aliphatic heterocycles. The van der Waals surface area contributed by atoms with Crippen LogP contribution in [0.4, 0.5) is 4.79 Å². The van der Waals surface area contributed by atoms with E-state index < -0.39 is 0 Å². The Morgan fingerprint density at radius 2 is 2.28 bits per heavy atom. The standard InChI is InChI=1S/C13H27N3OS/c1-5-12-10-16(8-9-18-12)13(17)14-6-7-15(4)11(2)3/h11-12H,5-10H2,1-4H3,(H,14,17)/t12-/m0/s1. The number of rotatable bonds is 5. The summed E-state index contributed by atoms with van der Waals surface area (Å²) >= 11 is 1.99. The number of carbonyl (C=O) groups excluding carboxylic acids is 1. The van der Waals surface area contributed by atoms with E-state index in [4.69, 9.17) is 0 Å². The third-order valence-electron chi connectivity index (χ3n) is 3.50. The van der Waals surface area contributed by atoms with Crippen LogP contribution in [0, 0.1) is 0 Å². The fraction of sp³-hybridized carbons (Fsp3) is 0.923. The topological polar surface area (TPSA) is 35.6 Å². The number of urea groups is 1. The maximum absolute atomic E-state index is 12.0. The summed E-state index contributed by atoms with van der Waals surface area (Å²) in [7, 11) is 2.08. The van der Waals surface area contributed by atoms with Crippen LogP contribution in [-0.2, 0) is 0 Å². The number of thioether (sulfide) groups is 1. The monoisotopic (exact) mass is 273 g/mol. The van der Waals surface area contributed by atoms with Crippen molar-refractivity contribution in [3.8, 4) is 0 Å². The predicted molar refractivity (Wildman–Crippen MR) is 79.3 cm³/mol. The molecule has 1 saturated heterocycles. The largest absolute Gasteiger partial charge is 0.337 e. The highest BCUT2D eigenvalue weighted by Crippen LogP contribution is 2.20. The molecule has 4 nitrogen and oxygen atoms in total. The summed E-state index contributed by atoms with van der Waals surface area (Å²) in [6.07, 6.45) is 1.14. The van der Waals surface area contributed by atoms with Crippen molar-refractivity contribution in [1.82, 2.24) is 15.1 Å². The lowest BCUT2D eigenvalue weighted by atomic mass is 10.3. The highest BCUT2D eigenvalue weighted by Gasteiger charge is 2.22. The van der Waals surface area contributed by atoms with Gasteiger partial charge in [-0.2, -0.15) is 11.8 Å². The predicted octanol–water partition coefficient (Wildman–Crippen LogP) is 1.86. The lowest BCUT2D eigenvalue weighted by Gasteiger charge is -2.32. The normalized spacial score (nSPS) is 20.6. The van der Waals surface area contributed by atoms with Crippen LogP contribution < -0.4 is 5.32 Å². The molecule has 0 aromatic carbocycles. The third-order valence-corrected chi connectivity index (χ3v) is 4.88. The molecule has 1 fully saturated rings. The SMILES string of the molecule is CC[C@H]1CN(C(=O)NCCN(C)C(C)C)CCS1. The fourth-order valence-electron chi connectivity index (χ4n) is 1.86. The fourth-order valence-corrected chi connectivity index (χ4v) is 3.04. The Hall–Kier alpha value is -0.420. The molecule has 0 bridgehead atoms. The molecular weight excluding hydrogens is 246 g/mol. The van der Waals surface area contributed by atoms with Gasteiger partial charge in [-0.3, -0.25) is 0 Å². The Bertz CT molecular complexity index is 261. The van der Waals surface area contributed by atoms with Crippen molar-refractivity contribution >= 4 is 17.8 Å². The smallest absolute Gasteiger partial charge is 0.317 e. The van der Waals surface area contributed by atoms with Gasteiger partial charge in [0.25, 0.3) is 0 Å². The summed E-state index contributed by atoms with van der Waals surface area (Å²) in [6.45, 7) is 9.93. The van der Waals surface area contributed by atoms with Crippen LogP contribution in [0.5, 0.6) is 0 Å². The van der Waals surface area contributed by atoms with Crippen LogP contribution in [0.25, 0.3) is 0 Å². The summed E-state index contributed by atoms with van der Waals surface area (Å²) in [5.74, 6) is 1.07. The lowest BCUT2D eigenvalue weighted by Crippen LogP contribution is -2.48. The Balaban J connectivity index is 2.24. The van der Waals surface area contributed by atoms with Gasteiger partial charge in [-0.15, -0.1) is 0 Å². The number of amides is 2. The van der Waals surface area contributed by atoms with E-state index in [2.05, 4.69) is 38.0 Å². The summed E-state index contributed by atoms with van der Waals surface area (Å²) < 4.78 is 0. The number of nitrogens with zero attached hydrogens (tertiary/aromatic N) is 2. The first kappa shape index (κ1) is 15.6. The second-order valence-corrected chi connectivity index (χ2v) is 6.56. The van der Waals surface area contributed by atoms with Gasteiger partial charge in [0, 0.05) is 43.2 Å². The van der Waals surface area contributed by atoms with Crippen molar-refractivity contribution < 1.29 is 4.79 Å². The van der Waals surface area contributed by atoms with Crippen molar-refractivity contribution in [3.63, 3.8) is 0 Å². The second kappa shape index (κ2) is 7.89. The Morgan fingerprint density at radius 1 is 1.56 bits per heavy atom. The quantitative estimate of drug-likeness (QED) is 0.830. The van der Waals surface area contributed by atoms with E-state index in [9.17, 15) is 4.79 Å². The van der Waals surface area contributed by atoms with Gasteiger partial charge >= 0.3 is 6.03 Å². The third kappa shape index (κ3) is 5.06. The average Bonchev–Trinajstić information content (AvgIpc) is 2.38. The van der Waals surface area contributed by atoms with Gasteiger partial charge in [0.2, 0.25) is 0 Å². The molecule has 18 heavy (non-hydrogen) atoms.